The molecule has 1 unspecified atom stereocenters. The molecule has 0 saturated heterocycles. The summed E-state index contributed by atoms with van der Waals surface area (Å²) in [5.74, 6) is 1.74. The third kappa shape index (κ3) is 3.97. The van der Waals surface area contributed by atoms with Crippen molar-refractivity contribution in [2.75, 3.05) is 0 Å². The van der Waals surface area contributed by atoms with Crippen LogP contribution in [0.3, 0.4) is 0 Å². The molecule has 0 amide bonds. The van der Waals surface area contributed by atoms with Crippen LogP contribution in [-0.4, -0.2) is 0 Å². The van der Waals surface area contributed by atoms with Gasteiger partial charge in [-0.15, -0.1) is 0 Å². The SMILES string of the molecule is Cc1ccc(C2(c3ccc(C4CCCCC4)cc3)C=Cc3c(c4c(c5ccccc35)-c3ccccc3CC4)O2)cc1. The largest absolute Gasteiger partial charge is 0.473 e. The molecule has 8 rings (SSSR count). The Hall–Kier alpha value is -4.10. The molecule has 0 bridgehead atoms. The van der Waals surface area contributed by atoms with Crippen molar-refractivity contribution in [3.8, 4) is 16.9 Å². The molecule has 0 radical (unpaired) electrons. The molecule has 5 aromatic carbocycles. The maximum absolute atomic E-state index is 7.45. The highest BCUT2D eigenvalue weighted by Crippen LogP contribution is 2.51. The third-order valence-corrected chi connectivity index (χ3v) is 9.88. The highest BCUT2D eigenvalue weighted by molar-refractivity contribution is 6.06. The van der Waals surface area contributed by atoms with Gasteiger partial charge in [-0.1, -0.05) is 122 Å². The molecule has 1 nitrogen and oxygen atoms in total. The second-order valence-corrected chi connectivity index (χ2v) is 12.3. The molecule has 1 saturated carbocycles. The summed E-state index contributed by atoms with van der Waals surface area (Å²) < 4.78 is 7.45. The summed E-state index contributed by atoms with van der Waals surface area (Å²) in [5, 5.41) is 2.58. The fourth-order valence-electron chi connectivity index (χ4n) is 7.68. The molecular formula is C40H36O. The Morgan fingerprint density at radius 1 is 0.683 bits per heavy atom. The molecule has 0 N–H and O–H groups in total. The average Bonchev–Trinajstić information content (AvgIpc) is 3.05. The number of fused-ring (bicyclic) bond motifs is 8. The van der Waals surface area contributed by atoms with Crippen LogP contribution in [0.1, 0.15) is 77.0 Å². The molecule has 1 heteroatoms. The van der Waals surface area contributed by atoms with Gasteiger partial charge >= 0.3 is 0 Å². The van der Waals surface area contributed by atoms with E-state index in [2.05, 4.69) is 116 Å². The van der Waals surface area contributed by atoms with Crippen LogP contribution in [0.4, 0.5) is 0 Å². The van der Waals surface area contributed by atoms with Gasteiger partial charge in [0.25, 0.3) is 0 Å². The van der Waals surface area contributed by atoms with Crippen LogP contribution in [0.15, 0.2) is 103 Å². The second-order valence-electron chi connectivity index (χ2n) is 12.3. The van der Waals surface area contributed by atoms with E-state index in [1.807, 2.05) is 0 Å². The molecule has 5 aromatic rings. The number of hydrogen-bond acceptors (Lipinski definition) is 1. The zero-order valence-electron chi connectivity index (χ0n) is 23.8. The van der Waals surface area contributed by atoms with Gasteiger partial charge in [0.15, 0.2) is 5.60 Å². The van der Waals surface area contributed by atoms with Crippen LogP contribution in [-0.2, 0) is 18.4 Å². The number of benzene rings is 5. The Morgan fingerprint density at radius 2 is 1.37 bits per heavy atom. The quantitative estimate of drug-likeness (QED) is 0.225. The van der Waals surface area contributed by atoms with Crippen LogP contribution in [0, 0.1) is 6.92 Å². The molecule has 0 spiro atoms. The smallest absolute Gasteiger partial charge is 0.178 e. The molecule has 3 aliphatic rings. The lowest BCUT2D eigenvalue weighted by molar-refractivity contribution is 0.159. The standard InChI is InChI=1S/C40H36O/c1-27-15-20-31(21-16-27)40(32-22-17-29(18-23-32)28-9-3-2-4-10-28)26-25-36-34-13-7-8-14-35(34)38-33-12-6-5-11-30(33)19-24-37(38)39(36)41-40/h5-8,11-18,20-23,25-26,28H,2-4,9-10,19,24H2,1H3. The van der Waals surface area contributed by atoms with E-state index in [4.69, 9.17) is 4.74 Å². The highest BCUT2D eigenvalue weighted by atomic mass is 16.5. The van der Waals surface area contributed by atoms with Gasteiger partial charge in [-0.3, -0.25) is 0 Å². The van der Waals surface area contributed by atoms with E-state index < -0.39 is 5.60 Å². The van der Waals surface area contributed by atoms with E-state index in [0.29, 0.717) is 5.92 Å². The number of ether oxygens (including phenoxy) is 1. The van der Waals surface area contributed by atoms with Gasteiger partial charge in [0.2, 0.25) is 0 Å². The number of rotatable bonds is 3. The van der Waals surface area contributed by atoms with Crippen LogP contribution < -0.4 is 4.74 Å². The van der Waals surface area contributed by atoms with E-state index in [0.717, 1.165) is 18.6 Å². The predicted molar refractivity (Wildman–Crippen MR) is 171 cm³/mol. The van der Waals surface area contributed by atoms with Crippen molar-refractivity contribution in [2.45, 2.75) is 63.4 Å². The molecule has 1 aliphatic heterocycles. The molecule has 1 fully saturated rings. The van der Waals surface area contributed by atoms with E-state index in [9.17, 15) is 0 Å². The summed E-state index contributed by atoms with van der Waals surface area (Å²) in [5.41, 5.74) is 11.1. The van der Waals surface area contributed by atoms with Crippen LogP contribution >= 0.6 is 0 Å². The van der Waals surface area contributed by atoms with Gasteiger partial charge in [-0.25, -0.2) is 0 Å². The Labute approximate surface area is 243 Å². The van der Waals surface area contributed by atoms with Gasteiger partial charge in [-0.05, 0) is 83.7 Å². The number of hydrogen-bond donors (Lipinski definition) is 0. The summed E-state index contributed by atoms with van der Waals surface area (Å²) >= 11 is 0. The summed E-state index contributed by atoms with van der Waals surface area (Å²) in [4.78, 5) is 0. The van der Waals surface area contributed by atoms with E-state index in [1.165, 1.54) is 92.9 Å². The van der Waals surface area contributed by atoms with Gasteiger partial charge in [-0.2, -0.15) is 0 Å². The Bertz CT molecular complexity index is 1780. The van der Waals surface area contributed by atoms with Crippen LogP contribution in [0.25, 0.3) is 28.0 Å². The Balaban J connectivity index is 1.33. The maximum atomic E-state index is 7.45. The first-order valence-electron chi connectivity index (χ1n) is 15.4. The fraction of sp³-hybridized carbons (Fsp3) is 0.250. The fourth-order valence-corrected chi connectivity index (χ4v) is 7.68. The van der Waals surface area contributed by atoms with Crippen molar-refractivity contribution in [3.63, 3.8) is 0 Å². The van der Waals surface area contributed by atoms with Crippen molar-refractivity contribution in [3.05, 3.63) is 142 Å². The van der Waals surface area contributed by atoms with E-state index in [1.54, 1.807) is 0 Å². The minimum atomic E-state index is -0.682. The first-order chi connectivity index (χ1) is 20.2. The molecule has 0 aromatic heterocycles. The minimum absolute atomic E-state index is 0.682. The predicted octanol–water partition coefficient (Wildman–Crippen LogP) is 10.3. The van der Waals surface area contributed by atoms with Gasteiger partial charge in [0, 0.05) is 22.3 Å². The molecule has 2 aliphatic carbocycles. The van der Waals surface area contributed by atoms with Crippen molar-refractivity contribution >= 4 is 16.8 Å². The normalized spacial score (nSPS) is 19.7. The molecule has 41 heavy (non-hydrogen) atoms. The van der Waals surface area contributed by atoms with Crippen molar-refractivity contribution < 1.29 is 4.74 Å². The lowest BCUT2D eigenvalue weighted by atomic mass is 9.77. The summed E-state index contributed by atoms with van der Waals surface area (Å²) in [6.07, 6.45) is 13.4. The first kappa shape index (κ1) is 24.7. The maximum Gasteiger partial charge on any atom is 0.178 e. The zero-order chi connectivity index (χ0) is 27.4. The summed E-state index contributed by atoms with van der Waals surface area (Å²) in [7, 11) is 0. The first-order valence-corrected chi connectivity index (χ1v) is 15.4. The Morgan fingerprint density at radius 3 is 2.15 bits per heavy atom. The molecule has 1 heterocycles. The lowest BCUT2D eigenvalue weighted by Crippen LogP contribution is -2.35. The Kier molecular flexibility index (Phi) is 5.88. The van der Waals surface area contributed by atoms with Crippen molar-refractivity contribution in [2.24, 2.45) is 0 Å². The molecule has 202 valence electrons. The molecule has 1 atom stereocenters. The van der Waals surface area contributed by atoms with Gasteiger partial charge < -0.3 is 4.74 Å². The summed E-state index contributed by atoms with van der Waals surface area (Å²) in [6, 6.07) is 36.2. The monoisotopic (exact) mass is 532 g/mol. The van der Waals surface area contributed by atoms with Crippen LogP contribution in [0.5, 0.6) is 5.75 Å². The van der Waals surface area contributed by atoms with Gasteiger partial charge in [0.1, 0.15) is 5.75 Å². The lowest BCUT2D eigenvalue weighted by Gasteiger charge is -2.39. The van der Waals surface area contributed by atoms with E-state index in [-0.39, 0.29) is 0 Å². The third-order valence-electron chi connectivity index (χ3n) is 9.88. The van der Waals surface area contributed by atoms with Crippen molar-refractivity contribution in [1.29, 1.82) is 0 Å². The second kappa shape index (κ2) is 9.77. The topological polar surface area (TPSA) is 9.23 Å². The van der Waals surface area contributed by atoms with E-state index >= 15 is 0 Å². The molecular weight excluding hydrogens is 496 g/mol. The summed E-state index contributed by atoms with van der Waals surface area (Å²) in [6.45, 7) is 2.16. The van der Waals surface area contributed by atoms with Crippen molar-refractivity contribution in [1.82, 2.24) is 0 Å². The zero-order valence-corrected chi connectivity index (χ0v) is 23.8. The highest BCUT2D eigenvalue weighted by Gasteiger charge is 2.39. The van der Waals surface area contributed by atoms with Gasteiger partial charge in [0.05, 0.1) is 0 Å². The number of aryl methyl sites for hydroxylation is 2. The minimum Gasteiger partial charge on any atom is -0.473 e. The average molecular weight is 533 g/mol. The van der Waals surface area contributed by atoms with Crippen LogP contribution in [0.2, 0.25) is 0 Å².